The van der Waals surface area contributed by atoms with Crippen LogP contribution in [-0.2, 0) is 0 Å². The summed E-state index contributed by atoms with van der Waals surface area (Å²) in [4.78, 5) is 2.20. The van der Waals surface area contributed by atoms with Gasteiger partial charge in [-0.15, -0.1) is 0 Å². The van der Waals surface area contributed by atoms with Gasteiger partial charge in [-0.1, -0.05) is 26.0 Å². The van der Waals surface area contributed by atoms with Gasteiger partial charge in [0.25, 0.3) is 0 Å². The van der Waals surface area contributed by atoms with Crippen LogP contribution < -0.4 is 0 Å². The molecule has 0 bridgehead atoms. The quantitative estimate of drug-likeness (QED) is 0.542. The summed E-state index contributed by atoms with van der Waals surface area (Å²) in [6.45, 7) is 5.56. The third kappa shape index (κ3) is 7.70. The van der Waals surface area contributed by atoms with Gasteiger partial charge in [0.1, 0.15) is 0 Å². The SMILES string of the molecule is CC(C)/C=C/CCN(C)C. The topological polar surface area (TPSA) is 3.24 Å². The molecule has 0 spiro atoms. The zero-order valence-corrected chi connectivity index (χ0v) is 7.59. The first-order chi connectivity index (χ1) is 4.63. The first kappa shape index (κ1) is 9.70. The molecule has 0 saturated heterocycles. The van der Waals surface area contributed by atoms with E-state index in [-0.39, 0.29) is 0 Å². The van der Waals surface area contributed by atoms with E-state index < -0.39 is 0 Å². The van der Waals surface area contributed by atoms with E-state index in [1.807, 2.05) is 0 Å². The lowest BCUT2D eigenvalue weighted by atomic mass is 10.2. The summed E-state index contributed by atoms with van der Waals surface area (Å²) >= 11 is 0. The molecule has 1 heteroatoms. The minimum atomic E-state index is 0.696. The molecule has 0 rings (SSSR count). The molecule has 0 radical (unpaired) electrons. The fourth-order valence-electron chi connectivity index (χ4n) is 0.701. The van der Waals surface area contributed by atoms with Gasteiger partial charge in [0, 0.05) is 6.54 Å². The molecular formula is C9H19N. The third-order valence-corrected chi connectivity index (χ3v) is 1.26. The van der Waals surface area contributed by atoms with Crippen molar-refractivity contribution in [2.45, 2.75) is 20.3 Å². The van der Waals surface area contributed by atoms with Gasteiger partial charge in [-0.2, -0.15) is 0 Å². The van der Waals surface area contributed by atoms with Crippen LogP contribution >= 0.6 is 0 Å². The summed E-state index contributed by atoms with van der Waals surface area (Å²) in [6.07, 6.45) is 5.68. The Morgan fingerprint density at radius 3 is 2.30 bits per heavy atom. The molecule has 0 aromatic carbocycles. The van der Waals surface area contributed by atoms with Crippen molar-refractivity contribution in [2.24, 2.45) is 5.92 Å². The first-order valence-electron chi connectivity index (χ1n) is 3.94. The maximum Gasteiger partial charge on any atom is 0.000980 e. The molecule has 0 saturated carbocycles. The van der Waals surface area contributed by atoms with Crippen molar-refractivity contribution in [1.82, 2.24) is 4.90 Å². The summed E-state index contributed by atoms with van der Waals surface area (Å²) < 4.78 is 0. The van der Waals surface area contributed by atoms with Crippen molar-refractivity contribution in [1.29, 1.82) is 0 Å². The lowest BCUT2D eigenvalue weighted by molar-refractivity contribution is 0.417. The van der Waals surface area contributed by atoms with E-state index in [4.69, 9.17) is 0 Å². The average Bonchev–Trinajstić information content (AvgIpc) is 1.79. The van der Waals surface area contributed by atoms with Crippen LogP contribution in [0, 0.1) is 5.92 Å². The second-order valence-electron chi connectivity index (χ2n) is 3.26. The van der Waals surface area contributed by atoms with Crippen molar-refractivity contribution >= 4 is 0 Å². The zero-order valence-electron chi connectivity index (χ0n) is 7.59. The number of nitrogens with zero attached hydrogens (tertiary/aromatic N) is 1. The minimum Gasteiger partial charge on any atom is -0.309 e. The fourth-order valence-corrected chi connectivity index (χ4v) is 0.701. The van der Waals surface area contributed by atoms with E-state index in [0.29, 0.717) is 5.92 Å². The molecular weight excluding hydrogens is 122 g/mol. The maximum atomic E-state index is 2.25. The van der Waals surface area contributed by atoms with Gasteiger partial charge in [0.2, 0.25) is 0 Å². The first-order valence-corrected chi connectivity index (χ1v) is 3.94. The van der Waals surface area contributed by atoms with Gasteiger partial charge in [-0.25, -0.2) is 0 Å². The second-order valence-corrected chi connectivity index (χ2v) is 3.26. The van der Waals surface area contributed by atoms with Crippen LogP contribution in [0.4, 0.5) is 0 Å². The van der Waals surface area contributed by atoms with Crippen molar-refractivity contribution in [3.63, 3.8) is 0 Å². The molecule has 0 aromatic heterocycles. The third-order valence-electron chi connectivity index (χ3n) is 1.26. The Morgan fingerprint density at radius 2 is 1.90 bits per heavy atom. The summed E-state index contributed by atoms with van der Waals surface area (Å²) in [5, 5.41) is 0. The molecule has 0 atom stereocenters. The summed E-state index contributed by atoms with van der Waals surface area (Å²) in [5.74, 6) is 0.696. The second kappa shape index (κ2) is 5.48. The van der Waals surface area contributed by atoms with Gasteiger partial charge < -0.3 is 4.90 Å². The van der Waals surface area contributed by atoms with Gasteiger partial charge in [0.15, 0.2) is 0 Å². The Bertz CT molecular complexity index is 92.9. The number of hydrogen-bond donors (Lipinski definition) is 0. The van der Waals surface area contributed by atoms with Gasteiger partial charge in [-0.3, -0.25) is 0 Å². The van der Waals surface area contributed by atoms with E-state index in [9.17, 15) is 0 Å². The lowest BCUT2D eigenvalue weighted by Gasteiger charge is -2.05. The molecule has 0 N–H and O–H groups in total. The van der Waals surface area contributed by atoms with E-state index in [1.54, 1.807) is 0 Å². The van der Waals surface area contributed by atoms with Crippen LogP contribution in [0.5, 0.6) is 0 Å². The van der Waals surface area contributed by atoms with Gasteiger partial charge >= 0.3 is 0 Å². The van der Waals surface area contributed by atoms with Crippen molar-refractivity contribution < 1.29 is 0 Å². The summed E-state index contributed by atoms with van der Waals surface area (Å²) in [7, 11) is 4.20. The molecule has 0 aliphatic carbocycles. The van der Waals surface area contributed by atoms with Crippen molar-refractivity contribution in [2.75, 3.05) is 20.6 Å². The molecule has 0 aliphatic heterocycles. The molecule has 0 fully saturated rings. The van der Waals surface area contributed by atoms with Crippen LogP contribution in [0.15, 0.2) is 12.2 Å². The molecule has 0 amide bonds. The highest BCUT2D eigenvalue weighted by atomic mass is 15.0. The maximum absolute atomic E-state index is 2.25. The van der Waals surface area contributed by atoms with Crippen LogP contribution in [0.2, 0.25) is 0 Å². The molecule has 60 valence electrons. The lowest BCUT2D eigenvalue weighted by Crippen LogP contribution is -2.11. The molecule has 10 heavy (non-hydrogen) atoms. The standard InChI is InChI=1S/C9H19N/c1-9(2)7-5-6-8-10(3)4/h5,7,9H,6,8H2,1-4H3/b7-5+. The number of rotatable bonds is 4. The predicted octanol–water partition coefficient (Wildman–Crippen LogP) is 2.15. The summed E-state index contributed by atoms with van der Waals surface area (Å²) in [6, 6.07) is 0. The Labute approximate surface area is 64.7 Å². The highest BCUT2D eigenvalue weighted by molar-refractivity contribution is 4.84. The highest BCUT2D eigenvalue weighted by Crippen LogP contribution is 1.95. The Morgan fingerprint density at radius 1 is 1.30 bits per heavy atom. The van der Waals surface area contributed by atoms with E-state index >= 15 is 0 Å². The van der Waals surface area contributed by atoms with Crippen LogP contribution in [0.1, 0.15) is 20.3 Å². The monoisotopic (exact) mass is 141 g/mol. The number of hydrogen-bond acceptors (Lipinski definition) is 1. The van der Waals surface area contributed by atoms with E-state index in [2.05, 4.69) is 45.0 Å². The average molecular weight is 141 g/mol. The molecule has 1 nitrogen and oxygen atoms in total. The normalized spacial score (nSPS) is 12.2. The Kier molecular flexibility index (Phi) is 5.32. The zero-order chi connectivity index (χ0) is 7.98. The van der Waals surface area contributed by atoms with Gasteiger partial charge in [0.05, 0.1) is 0 Å². The van der Waals surface area contributed by atoms with E-state index in [1.165, 1.54) is 6.42 Å². The van der Waals surface area contributed by atoms with Crippen molar-refractivity contribution in [3.8, 4) is 0 Å². The smallest absolute Gasteiger partial charge is 0.000980 e. The van der Waals surface area contributed by atoms with Crippen LogP contribution in [0.3, 0.4) is 0 Å². The molecule has 0 unspecified atom stereocenters. The van der Waals surface area contributed by atoms with Gasteiger partial charge in [-0.05, 0) is 26.4 Å². The van der Waals surface area contributed by atoms with E-state index in [0.717, 1.165) is 6.54 Å². The van der Waals surface area contributed by atoms with Crippen molar-refractivity contribution in [3.05, 3.63) is 12.2 Å². The van der Waals surface area contributed by atoms with Crippen LogP contribution in [0.25, 0.3) is 0 Å². The molecule has 0 aromatic rings. The largest absolute Gasteiger partial charge is 0.309 e. The minimum absolute atomic E-state index is 0.696. The molecule has 0 aliphatic rings. The highest BCUT2D eigenvalue weighted by Gasteiger charge is 1.86. The van der Waals surface area contributed by atoms with Crippen LogP contribution in [-0.4, -0.2) is 25.5 Å². The predicted molar refractivity (Wildman–Crippen MR) is 47.1 cm³/mol. The number of allylic oxidation sites excluding steroid dienone is 1. The Balaban J connectivity index is 3.19. The summed E-state index contributed by atoms with van der Waals surface area (Å²) in [5.41, 5.74) is 0. The Hall–Kier alpha value is -0.300. The molecule has 0 heterocycles. The fraction of sp³-hybridized carbons (Fsp3) is 0.778.